The first kappa shape index (κ1) is 33.6. The summed E-state index contributed by atoms with van der Waals surface area (Å²) >= 11 is 1.69. The zero-order chi connectivity index (χ0) is 34.3. The molecule has 0 saturated carbocycles. The van der Waals surface area contributed by atoms with Gasteiger partial charge in [0.2, 0.25) is 11.7 Å². The van der Waals surface area contributed by atoms with Gasteiger partial charge in [0.25, 0.3) is 0 Å². The van der Waals surface area contributed by atoms with E-state index in [4.69, 9.17) is 38.5 Å². The summed E-state index contributed by atoms with van der Waals surface area (Å²) in [5.41, 5.74) is 4.48. The number of benzene rings is 4. The molecule has 1 aliphatic heterocycles. The Balaban J connectivity index is 1.05. The molecule has 1 aromatic heterocycles. The predicted molar refractivity (Wildman–Crippen MR) is 191 cm³/mol. The highest BCUT2D eigenvalue weighted by molar-refractivity contribution is 7.21. The number of thiazole rings is 1. The van der Waals surface area contributed by atoms with E-state index in [2.05, 4.69) is 6.07 Å². The van der Waals surface area contributed by atoms with Gasteiger partial charge in [-0.3, -0.25) is 4.79 Å². The topological polar surface area (TPSA) is 101 Å². The first-order valence-electron chi connectivity index (χ1n) is 16.0. The van der Waals surface area contributed by atoms with Gasteiger partial charge >= 0.3 is 0 Å². The van der Waals surface area contributed by atoms with Crippen molar-refractivity contribution in [2.75, 3.05) is 41.7 Å². The number of aromatic nitrogens is 1. The Labute approximate surface area is 289 Å². The molecule has 0 bridgehead atoms. The van der Waals surface area contributed by atoms with E-state index in [1.165, 1.54) is 16.6 Å². The Morgan fingerprint density at radius 1 is 0.776 bits per heavy atom. The number of rotatable bonds is 14. The van der Waals surface area contributed by atoms with Crippen molar-refractivity contribution in [3.63, 3.8) is 0 Å². The molecule has 11 heteroatoms. The fourth-order valence-corrected chi connectivity index (χ4v) is 6.73. The third kappa shape index (κ3) is 7.41. The van der Waals surface area contributed by atoms with Gasteiger partial charge in [0.15, 0.2) is 23.0 Å². The highest BCUT2D eigenvalue weighted by atomic mass is 32.1. The number of unbranched alkanes of at least 4 members (excludes halogenated alkanes) is 1. The van der Waals surface area contributed by atoms with Crippen molar-refractivity contribution in [3.8, 4) is 45.1 Å². The summed E-state index contributed by atoms with van der Waals surface area (Å²) in [5, 5.41) is 7.21. The highest BCUT2D eigenvalue weighted by Gasteiger charge is 2.33. The number of ether oxygens (including phenoxy) is 6. The Morgan fingerprint density at radius 3 is 2.12 bits per heavy atom. The van der Waals surface area contributed by atoms with E-state index in [0.717, 1.165) is 51.5 Å². The summed E-state index contributed by atoms with van der Waals surface area (Å²) in [6, 6.07) is 25.3. The number of hydrazone groups is 1. The third-order valence-electron chi connectivity index (χ3n) is 8.26. The van der Waals surface area contributed by atoms with Gasteiger partial charge in [-0.2, -0.15) is 5.10 Å². The van der Waals surface area contributed by atoms with Gasteiger partial charge in [-0.1, -0.05) is 18.2 Å². The van der Waals surface area contributed by atoms with Gasteiger partial charge in [0.1, 0.15) is 10.8 Å². The molecule has 0 aliphatic carbocycles. The second kappa shape index (κ2) is 15.3. The van der Waals surface area contributed by atoms with Crippen molar-refractivity contribution < 1.29 is 33.2 Å². The largest absolute Gasteiger partial charge is 0.494 e. The van der Waals surface area contributed by atoms with E-state index in [9.17, 15) is 4.79 Å². The lowest BCUT2D eigenvalue weighted by atomic mass is 9.97. The fraction of sp³-hybridized carbons (Fsp3) is 0.289. The fourth-order valence-electron chi connectivity index (χ4n) is 5.76. The zero-order valence-corrected chi connectivity index (χ0v) is 29.0. The molecule has 2 heterocycles. The second-order valence-corrected chi connectivity index (χ2v) is 12.4. The van der Waals surface area contributed by atoms with Crippen LogP contribution in [-0.4, -0.2) is 63.3 Å². The molecule has 5 aromatic rings. The minimum Gasteiger partial charge on any atom is -0.494 e. The Kier molecular flexibility index (Phi) is 10.5. The number of para-hydroxylation sites is 1. The molecule has 0 fully saturated rings. The van der Waals surface area contributed by atoms with Crippen LogP contribution < -0.4 is 28.4 Å². The molecule has 49 heavy (non-hydrogen) atoms. The van der Waals surface area contributed by atoms with Crippen LogP contribution in [0.25, 0.3) is 20.8 Å². The highest BCUT2D eigenvalue weighted by Crippen LogP contribution is 2.42. The van der Waals surface area contributed by atoms with Crippen molar-refractivity contribution in [1.82, 2.24) is 9.99 Å². The zero-order valence-electron chi connectivity index (χ0n) is 28.2. The third-order valence-corrected chi connectivity index (χ3v) is 9.35. The van der Waals surface area contributed by atoms with Crippen molar-refractivity contribution in [2.45, 2.75) is 32.2 Å². The summed E-state index contributed by atoms with van der Waals surface area (Å²) < 4.78 is 35.5. The van der Waals surface area contributed by atoms with E-state index >= 15 is 0 Å². The lowest BCUT2D eigenvalue weighted by molar-refractivity contribution is -0.130. The van der Waals surface area contributed by atoms with E-state index < -0.39 is 0 Å². The van der Waals surface area contributed by atoms with Crippen molar-refractivity contribution in [1.29, 1.82) is 0 Å². The van der Waals surface area contributed by atoms with Crippen LogP contribution in [0.3, 0.4) is 0 Å². The normalized spacial score (nSPS) is 14.0. The standard InChI is InChI=1S/C38H39N3O7S/c1-24(42)41-31(23-30(40-41)27-21-34(44-3)37(46-5)35(22-27)45-4)26-14-17-32(43-2)33(20-26)48-19-9-8-18-47-28-15-12-25(13-16-28)38-39-29-10-6-7-11-36(29)49-38/h6-7,10-17,20-22,31H,8-9,18-19,23H2,1-5H3. The van der Waals surface area contributed by atoms with Crippen LogP contribution in [-0.2, 0) is 4.79 Å². The Hall–Kier alpha value is -5.29. The molecule has 1 amide bonds. The van der Waals surface area contributed by atoms with Gasteiger partial charge in [-0.25, -0.2) is 9.99 Å². The predicted octanol–water partition coefficient (Wildman–Crippen LogP) is 7.93. The second-order valence-electron chi connectivity index (χ2n) is 11.4. The van der Waals surface area contributed by atoms with Gasteiger partial charge < -0.3 is 28.4 Å². The van der Waals surface area contributed by atoms with Crippen LogP contribution in [0.5, 0.6) is 34.5 Å². The summed E-state index contributed by atoms with van der Waals surface area (Å²) in [6.07, 6.45) is 2.09. The molecule has 4 aromatic carbocycles. The van der Waals surface area contributed by atoms with E-state index in [1.807, 2.05) is 72.8 Å². The number of hydrogen-bond acceptors (Lipinski definition) is 10. The maximum Gasteiger partial charge on any atom is 0.240 e. The number of carbonyl (C=O) groups excluding carboxylic acids is 1. The number of nitrogens with zero attached hydrogens (tertiary/aromatic N) is 3. The molecule has 1 aliphatic rings. The maximum atomic E-state index is 12.7. The Bertz CT molecular complexity index is 1900. The summed E-state index contributed by atoms with van der Waals surface area (Å²) in [6.45, 7) is 2.56. The molecule has 6 rings (SSSR count). The average Bonchev–Trinajstić information content (AvgIpc) is 3.78. The van der Waals surface area contributed by atoms with Gasteiger partial charge in [-0.05, 0) is 79.1 Å². The summed E-state index contributed by atoms with van der Waals surface area (Å²) in [7, 11) is 6.31. The van der Waals surface area contributed by atoms with Crippen LogP contribution in [0.4, 0.5) is 0 Å². The Morgan fingerprint density at radius 2 is 1.47 bits per heavy atom. The number of amides is 1. The number of methoxy groups -OCH3 is 4. The van der Waals surface area contributed by atoms with E-state index in [-0.39, 0.29) is 11.9 Å². The molecule has 10 nitrogen and oxygen atoms in total. The molecule has 1 atom stereocenters. The molecule has 1 unspecified atom stereocenters. The van der Waals surface area contributed by atoms with E-state index in [1.54, 1.807) is 39.8 Å². The van der Waals surface area contributed by atoms with Crippen LogP contribution >= 0.6 is 11.3 Å². The molecule has 0 saturated heterocycles. The van der Waals surface area contributed by atoms with Crippen molar-refractivity contribution >= 4 is 33.2 Å². The average molecular weight is 682 g/mol. The van der Waals surface area contributed by atoms with Gasteiger partial charge in [0, 0.05) is 24.5 Å². The van der Waals surface area contributed by atoms with Crippen LogP contribution in [0.15, 0.2) is 84.0 Å². The lowest BCUT2D eigenvalue weighted by Crippen LogP contribution is -2.24. The lowest BCUT2D eigenvalue weighted by Gasteiger charge is -2.22. The van der Waals surface area contributed by atoms with Gasteiger partial charge in [-0.15, -0.1) is 11.3 Å². The van der Waals surface area contributed by atoms with Crippen molar-refractivity contribution in [2.24, 2.45) is 5.10 Å². The molecule has 0 spiro atoms. The summed E-state index contributed by atoms with van der Waals surface area (Å²) in [5.74, 6) is 3.40. The van der Waals surface area contributed by atoms with Gasteiger partial charge in [0.05, 0.1) is 63.6 Å². The van der Waals surface area contributed by atoms with E-state index in [0.29, 0.717) is 48.4 Å². The molecule has 0 radical (unpaired) electrons. The minimum atomic E-state index is -0.325. The first-order valence-corrected chi connectivity index (χ1v) is 16.8. The monoisotopic (exact) mass is 681 g/mol. The minimum absolute atomic E-state index is 0.169. The SMILES string of the molecule is COc1ccc(C2CC(c3cc(OC)c(OC)c(OC)c3)=NN2C(C)=O)cc1OCCCCOc1ccc(-c2nc3ccccc3s2)cc1. The van der Waals surface area contributed by atoms with Crippen LogP contribution in [0.1, 0.15) is 43.4 Å². The number of fused-ring (bicyclic) bond motifs is 1. The molecule has 0 N–H and O–H groups in total. The molecule has 254 valence electrons. The van der Waals surface area contributed by atoms with Crippen LogP contribution in [0, 0.1) is 0 Å². The van der Waals surface area contributed by atoms with Crippen molar-refractivity contribution in [3.05, 3.63) is 90.0 Å². The number of carbonyl (C=O) groups is 1. The first-order chi connectivity index (χ1) is 23.9. The molecular weight excluding hydrogens is 642 g/mol. The smallest absolute Gasteiger partial charge is 0.240 e. The molecular formula is C38H39N3O7S. The summed E-state index contributed by atoms with van der Waals surface area (Å²) in [4.78, 5) is 17.5. The quantitative estimate of drug-likeness (QED) is 0.109. The number of hydrogen-bond donors (Lipinski definition) is 0. The maximum absolute atomic E-state index is 12.7. The van der Waals surface area contributed by atoms with Crippen LogP contribution in [0.2, 0.25) is 0 Å².